The van der Waals surface area contributed by atoms with E-state index in [-0.39, 0.29) is 0 Å². The molecule has 1 aromatic rings. The van der Waals surface area contributed by atoms with E-state index in [1.54, 1.807) is 13.8 Å². The molecule has 0 amide bonds. The van der Waals surface area contributed by atoms with Crippen LogP contribution in [0.1, 0.15) is 19.4 Å². The summed E-state index contributed by atoms with van der Waals surface area (Å²) in [7, 11) is 0. The number of hydrogen-bond donors (Lipinski definition) is 0. The van der Waals surface area contributed by atoms with Crippen molar-refractivity contribution in [3.8, 4) is 0 Å². The fourth-order valence-electron chi connectivity index (χ4n) is 0.656. The minimum atomic E-state index is 1.32. The monoisotopic (exact) mass is 192 g/mol. The summed E-state index contributed by atoms with van der Waals surface area (Å²) in [5, 5.41) is 6.68. The number of oxime groups is 2. The molecule has 0 fully saturated rings. The van der Waals surface area contributed by atoms with Crippen LogP contribution < -0.4 is 0 Å². The van der Waals surface area contributed by atoms with Gasteiger partial charge in [-0.3, -0.25) is 0 Å². The molecule has 0 saturated heterocycles. The summed E-state index contributed by atoms with van der Waals surface area (Å²) in [6, 6.07) is 10.3. The zero-order valence-electron chi connectivity index (χ0n) is 8.84. The van der Waals surface area contributed by atoms with E-state index in [1.807, 2.05) is 18.2 Å². The minimum absolute atomic E-state index is 1.32. The zero-order valence-corrected chi connectivity index (χ0v) is 8.84. The average molecular weight is 192 g/mol. The fourth-order valence-corrected chi connectivity index (χ4v) is 0.656. The third kappa shape index (κ3) is 8.46. The van der Waals surface area contributed by atoms with Gasteiger partial charge in [-0.2, -0.15) is 0 Å². The van der Waals surface area contributed by atoms with Crippen LogP contribution in [0, 0.1) is 6.92 Å². The quantitative estimate of drug-likeness (QED) is 0.524. The summed E-state index contributed by atoms with van der Waals surface area (Å²) in [5.74, 6) is 0. The summed E-state index contributed by atoms with van der Waals surface area (Å²) >= 11 is 0. The molecule has 0 atom stereocenters. The van der Waals surface area contributed by atoms with Gasteiger partial charge in [-0.15, -0.1) is 0 Å². The van der Waals surface area contributed by atoms with E-state index in [0.29, 0.717) is 0 Å². The average Bonchev–Trinajstić information content (AvgIpc) is 2.21. The molecule has 0 aromatic heterocycles. The van der Waals surface area contributed by atoms with Crippen molar-refractivity contribution in [2.75, 3.05) is 0 Å². The first kappa shape index (κ1) is 12.4. The molecule has 3 heteroatoms. The number of rotatable bonds is 2. The molecule has 0 saturated carbocycles. The summed E-state index contributed by atoms with van der Waals surface area (Å²) in [5.41, 5.74) is 1.32. The Hall–Kier alpha value is -1.64. The molecule has 0 spiro atoms. The smallest absolute Gasteiger partial charge is 0.0439 e. The fraction of sp³-hybridized carbons (Fsp3) is 0.273. The first-order valence-electron chi connectivity index (χ1n) is 4.45. The molecular formula is C11H16N2O. The molecule has 0 aliphatic heterocycles. The molecule has 0 radical (unpaired) electrons. The molecule has 76 valence electrons. The first-order valence-corrected chi connectivity index (χ1v) is 4.45. The highest BCUT2D eigenvalue weighted by atomic mass is 16.8. The van der Waals surface area contributed by atoms with Gasteiger partial charge in [0.25, 0.3) is 0 Å². The molecule has 0 bridgehead atoms. The summed E-state index contributed by atoms with van der Waals surface area (Å²) < 4.78 is 0. The predicted octanol–water partition coefficient (Wildman–Crippen LogP) is 3.01. The van der Waals surface area contributed by atoms with Gasteiger partial charge in [0.2, 0.25) is 0 Å². The number of aryl methyl sites for hydroxylation is 1. The van der Waals surface area contributed by atoms with Gasteiger partial charge in [0.15, 0.2) is 0 Å². The maximum Gasteiger partial charge on any atom is 0.0439 e. The molecule has 0 aliphatic carbocycles. The van der Waals surface area contributed by atoms with Gasteiger partial charge in [0.05, 0.1) is 0 Å². The van der Waals surface area contributed by atoms with E-state index in [0.717, 1.165) is 0 Å². The molecule has 0 aliphatic rings. The predicted molar refractivity (Wildman–Crippen MR) is 60.6 cm³/mol. The van der Waals surface area contributed by atoms with Crippen LogP contribution >= 0.6 is 0 Å². The SMILES string of the molecule is C/C=N\O/N=C/C.Cc1ccccc1. The van der Waals surface area contributed by atoms with E-state index in [1.165, 1.54) is 18.0 Å². The lowest BCUT2D eigenvalue weighted by molar-refractivity contribution is 0.158. The molecule has 0 N–H and O–H groups in total. The Kier molecular flexibility index (Phi) is 8.34. The zero-order chi connectivity index (χ0) is 10.6. The van der Waals surface area contributed by atoms with Crippen molar-refractivity contribution >= 4 is 12.4 Å². The van der Waals surface area contributed by atoms with Gasteiger partial charge >= 0.3 is 0 Å². The Morgan fingerprint density at radius 2 is 1.50 bits per heavy atom. The number of hydrogen-bond acceptors (Lipinski definition) is 3. The normalized spacial score (nSPS) is 9.93. The van der Waals surface area contributed by atoms with E-state index < -0.39 is 0 Å². The van der Waals surface area contributed by atoms with Crippen LogP contribution in [-0.2, 0) is 4.94 Å². The number of nitrogens with zero attached hydrogens (tertiary/aromatic N) is 2. The Morgan fingerprint density at radius 1 is 1.00 bits per heavy atom. The van der Waals surface area contributed by atoms with Gasteiger partial charge in [-0.05, 0) is 20.8 Å². The first-order chi connectivity index (χ1) is 6.81. The lowest BCUT2D eigenvalue weighted by Gasteiger charge is -1.82. The third-order valence-corrected chi connectivity index (χ3v) is 1.25. The van der Waals surface area contributed by atoms with E-state index in [2.05, 4.69) is 34.3 Å². The number of benzene rings is 1. The van der Waals surface area contributed by atoms with Crippen LogP contribution in [-0.4, -0.2) is 12.4 Å². The maximum absolute atomic E-state index is 4.27. The van der Waals surface area contributed by atoms with Crippen molar-refractivity contribution in [1.29, 1.82) is 0 Å². The maximum atomic E-state index is 4.27. The highest BCUT2D eigenvalue weighted by Crippen LogP contribution is 1.92. The largest absolute Gasteiger partial charge is 0.245 e. The topological polar surface area (TPSA) is 34.0 Å². The lowest BCUT2D eigenvalue weighted by Crippen LogP contribution is -1.67. The molecule has 3 nitrogen and oxygen atoms in total. The standard InChI is InChI=1S/C7H8.C4H8N2O/c1-7-5-3-2-4-6-7;1-3-5-7-6-4-2/h2-6H,1H3;3-4H,1-2H3/b;5-3-,6-4+. The summed E-state index contributed by atoms with van der Waals surface area (Å²) in [4.78, 5) is 4.27. The van der Waals surface area contributed by atoms with Crippen molar-refractivity contribution in [3.63, 3.8) is 0 Å². The van der Waals surface area contributed by atoms with Crippen LogP contribution in [0.5, 0.6) is 0 Å². The molecular weight excluding hydrogens is 176 g/mol. The van der Waals surface area contributed by atoms with Crippen molar-refractivity contribution < 1.29 is 4.94 Å². The van der Waals surface area contributed by atoms with Crippen molar-refractivity contribution in [3.05, 3.63) is 35.9 Å². The van der Waals surface area contributed by atoms with Crippen LogP contribution in [0.15, 0.2) is 40.6 Å². The molecule has 14 heavy (non-hydrogen) atoms. The molecule has 1 aromatic carbocycles. The molecule has 1 rings (SSSR count). The van der Waals surface area contributed by atoms with Crippen molar-refractivity contribution in [2.24, 2.45) is 10.3 Å². The van der Waals surface area contributed by atoms with E-state index in [4.69, 9.17) is 0 Å². The van der Waals surface area contributed by atoms with Crippen LogP contribution in [0.4, 0.5) is 0 Å². The van der Waals surface area contributed by atoms with Gasteiger partial charge in [0.1, 0.15) is 0 Å². The van der Waals surface area contributed by atoms with Gasteiger partial charge < -0.3 is 0 Å². The highest BCUT2D eigenvalue weighted by molar-refractivity contribution is 5.53. The Bertz CT molecular complexity index is 258. The van der Waals surface area contributed by atoms with Gasteiger partial charge in [-0.1, -0.05) is 46.2 Å². The summed E-state index contributed by atoms with van der Waals surface area (Å²) in [6.07, 6.45) is 3.04. The third-order valence-electron chi connectivity index (χ3n) is 1.25. The summed E-state index contributed by atoms with van der Waals surface area (Å²) in [6.45, 7) is 5.59. The molecule has 0 unspecified atom stereocenters. The van der Waals surface area contributed by atoms with Crippen molar-refractivity contribution in [1.82, 2.24) is 0 Å². The lowest BCUT2D eigenvalue weighted by atomic mass is 10.2. The van der Waals surface area contributed by atoms with E-state index >= 15 is 0 Å². The van der Waals surface area contributed by atoms with Crippen LogP contribution in [0.2, 0.25) is 0 Å². The van der Waals surface area contributed by atoms with Crippen molar-refractivity contribution in [2.45, 2.75) is 20.8 Å². The Morgan fingerprint density at radius 3 is 1.79 bits per heavy atom. The van der Waals surface area contributed by atoms with E-state index in [9.17, 15) is 0 Å². The van der Waals surface area contributed by atoms with Gasteiger partial charge in [-0.25, -0.2) is 4.94 Å². The van der Waals surface area contributed by atoms with Gasteiger partial charge in [0, 0.05) is 12.4 Å². The van der Waals surface area contributed by atoms with Crippen LogP contribution in [0.3, 0.4) is 0 Å². The van der Waals surface area contributed by atoms with Crippen LogP contribution in [0.25, 0.3) is 0 Å². The second-order valence-corrected chi connectivity index (χ2v) is 2.46. The Balaban J connectivity index is 0.000000241. The minimum Gasteiger partial charge on any atom is -0.245 e. The second-order valence-electron chi connectivity index (χ2n) is 2.46. The molecule has 0 heterocycles. The highest BCUT2D eigenvalue weighted by Gasteiger charge is 1.72. The Labute approximate surface area is 85.1 Å². The second kappa shape index (κ2) is 9.45.